The molecule has 4 nitrogen and oxygen atoms in total. The van der Waals surface area contributed by atoms with Crippen LogP contribution in [0.25, 0.3) is 0 Å². The highest BCUT2D eigenvalue weighted by Gasteiger charge is 2.48. The van der Waals surface area contributed by atoms with Crippen LogP contribution in [0.3, 0.4) is 0 Å². The number of hydrogen-bond acceptors (Lipinski definition) is 3. The molecular formula is C10H16N2O2. The van der Waals surface area contributed by atoms with Gasteiger partial charge < -0.3 is 10.5 Å². The van der Waals surface area contributed by atoms with Crippen molar-refractivity contribution in [1.29, 1.82) is 0 Å². The van der Waals surface area contributed by atoms with Gasteiger partial charge in [0.1, 0.15) is 0 Å². The van der Waals surface area contributed by atoms with Crippen molar-refractivity contribution < 1.29 is 9.53 Å². The summed E-state index contributed by atoms with van der Waals surface area (Å²) >= 11 is 0. The molecule has 1 saturated carbocycles. The van der Waals surface area contributed by atoms with E-state index >= 15 is 0 Å². The summed E-state index contributed by atoms with van der Waals surface area (Å²) in [5.74, 6) is 0.405. The highest BCUT2D eigenvalue weighted by Crippen LogP contribution is 2.39. The average Bonchev–Trinajstić information content (AvgIpc) is 2.42. The van der Waals surface area contributed by atoms with E-state index in [1.54, 1.807) is 0 Å². The summed E-state index contributed by atoms with van der Waals surface area (Å²) in [6, 6.07) is 0.0479. The number of nitrogens with zero attached hydrogens (tertiary/aromatic N) is 1. The van der Waals surface area contributed by atoms with Gasteiger partial charge in [-0.1, -0.05) is 19.8 Å². The molecule has 2 unspecified atom stereocenters. The average molecular weight is 196 g/mol. The molecule has 0 aromatic heterocycles. The van der Waals surface area contributed by atoms with Gasteiger partial charge in [-0.3, -0.25) is 4.79 Å². The highest BCUT2D eigenvalue weighted by atomic mass is 16.5. The summed E-state index contributed by atoms with van der Waals surface area (Å²) < 4.78 is 5.41. The van der Waals surface area contributed by atoms with Crippen LogP contribution in [-0.2, 0) is 9.53 Å². The van der Waals surface area contributed by atoms with Gasteiger partial charge in [0.2, 0.25) is 0 Å². The molecule has 14 heavy (non-hydrogen) atoms. The fourth-order valence-electron chi connectivity index (χ4n) is 2.45. The van der Waals surface area contributed by atoms with Crippen LogP contribution in [0.1, 0.15) is 39.0 Å². The quantitative estimate of drug-likeness (QED) is 0.685. The molecule has 0 radical (unpaired) electrons. The van der Waals surface area contributed by atoms with E-state index < -0.39 is 5.60 Å². The zero-order valence-electron chi connectivity index (χ0n) is 8.45. The first-order chi connectivity index (χ1) is 6.66. The standard InChI is InChI=1S/C10H16N2O2/c1-2-7-4-3-5-10(6-7)8(13)12-9(11)14-10/h7H,2-6H2,1H3,(H2,11,12,13). The molecule has 2 atom stereocenters. The van der Waals surface area contributed by atoms with E-state index in [-0.39, 0.29) is 11.9 Å². The summed E-state index contributed by atoms with van der Waals surface area (Å²) in [6.07, 6.45) is 4.87. The molecule has 0 saturated heterocycles. The molecule has 0 aromatic rings. The molecule has 1 spiro atoms. The Labute approximate surface area is 83.5 Å². The number of carbonyl (C=O) groups excluding carboxylic acids is 1. The molecule has 2 rings (SSSR count). The molecule has 2 N–H and O–H groups in total. The maximum absolute atomic E-state index is 11.6. The smallest absolute Gasteiger partial charge is 0.294 e. The molecule has 1 aliphatic carbocycles. The summed E-state index contributed by atoms with van der Waals surface area (Å²) in [7, 11) is 0. The second-order valence-corrected chi connectivity index (χ2v) is 4.22. The predicted molar refractivity (Wildman–Crippen MR) is 52.7 cm³/mol. The van der Waals surface area contributed by atoms with Gasteiger partial charge >= 0.3 is 0 Å². The maximum Gasteiger partial charge on any atom is 0.294 e. The highest BCUT2D eigenvalue weighted by molar-refractivity contribution is 6.00. The fraction of sp³-hybridized carbons (Fsp3) is 0.800. The Kier molecular flexibility index (Phi) is 2.21. The minimum absolute atomic E-state index is 0.0479. The van der Waals surface area contributed by atoms with Crippen LogP contribution in [0, 0.1) is 5.92 Å². The summed E-state index contributed by atoms with van der Waals surface area (Å²) in [5, 5.41) is 0. The third-order valence-electron chi connectivity index (χ3n) is 3.29. The molecular weight excluding hydrogens is 180 g/mol. The van der Waals surface area contributed by atoms with Crippen LogP contribution in [0.5, 0.6) is 0 Å². The molecule has 0 bridgehead atoms. The lowest BCUT2D eigenvalue weighted by atomic mass is 9.76. The number of hydrogen-bond donors (Lipinski definition) is 1. The van der Waals surface area contributed by atoms with Crippen molar-refractivity contribution in [2.75, 3.05) is 0 Å². The van der Waals surface area contributed by atoms with Gasteiger partial charge in [-0.05, 0) is 25.2 Å². The number of amides is 1. The second-order valence-electron chi connectivity index (χ2n) is 4.22. The third kappa shape index (κ3) is 1.38. The molecule has 78 valence electrons. The summed E-state index contributed by atoms with van der Waals surface area (Å²) in [6.45, 7) is 2.15. The van der Waals surface area contributed by atoms with E-state index in [0.29, 0.717) is 5.92 Å². The first kappa shape index (κ1) is 9.49. The zero-order chi connectivity index (χ0) is 10.2. The topological polar surface area (TPSA) is 64.7 Å². The number of rotatable bonds is 1. The van der Waals surface area contributed by atoms with Gasteiger partial charge in [0, 0.05) is 0 Å². The summed E-state index contributed by atoms with van der Waals surface area (Å²) in [5.41, 5.74) is 4.73. The van der Waals surface area contributed by atoms with E-state index in [4.69, 9.17) is 10.5 Å². The first-order valence-electron chi connectivity index (χ1n) is 5.24. The van der Waals surface area contributed by atoms with E-state index in [2.05, 4.69) is 11.9 Å². The number of nitrogens with two attached hydrogens (primary N) is 1. The number of aliphatic imine (C=N–C) groups is 1. The maximum atomic E-state index is 11.6. The van der Waals surface area contributed by atoms with Crippen molar-refractivity contribution in [2.24, 2.45) is 16.6 Å². The Bertz CT molecular complexity index is 288. The van der Waals surface area contributed by atoms with Gasteiger partial charge in [-0.15, -0.1) is 0 Å². The van der Waals surface area contributed by atoms with E-state index in [9.17, 15) is 4.79 Å². The van der Waals surface area contributed by atoms with E-state index in [1.807, 2.05) is 0 Å². The van der Waals surface area contributed by atoms with Gasteiger partial charge in [0.15, 0.2) is 5.60 Å². The van der Waals surface area contributed by atoms with Crippen molar-refractivity contribution in [3.8, 4) is 0 Å². The largest absolute Gasteiger partial charge is 0.448 e. The zero-order valence-corrected chi connectivity index (χ0v) is 8.45. The lowest BCUT2D eigenvalue weighted by Gasteiger charge is -2.34. The Balaban J connectivity index is 2.13. The van der Waals surface area contributed by atoms with E-state index in [0.717, 1.165) is 25.7 Å². The molecule has 1 aliphatic heterocycles. The first-order valence-corrected chi connectivity index (χ1v) is 5.24. The molecule has 1 amide bonds. The van der Waals surface area contributed by atoms with E-state index in [1.165, 1.54) is 6.42 Å². The van der Waals surface area contributed by atoms with Crippen molar-refractivity contribution in [2.45, 2.75) is 44.6 Å². The van der Waals surface area contributed by atoms with Crippen molar-refractivity contribution >= 4 is 11.9 Å². The lowest BCUT2D eigenvalue weighted by Crippen LogP contribution is -2.42. The molecule has 2 aliphatic rings. The van der Waals surface area contributed by atoms with Gasteiger partial charge in [-0.25, -0.2) is 0 Å². The lowest BCUT2D eigenvalue weighted by molar-refractivity contribution is -0.134. The van der Waals surface area contributed by atoms with Crippen LogP contribution in [0.4, 0.5) is 0 Å². The van der Waals surface area contributed by atoms with Crippen LogP contribution in [0.2, 0.25) is 0 Å². The Hall–Kier alpha value is -1.06. The van der Waals surface area contributed by atoms with Gasteiger partial charge in [0.05, 0.1) is 0 Å². The van der Waals surface area contributed by atoms with Gasteiger partial charge in [-0.2, -0.15) is 4.99 Å². The monoisotopic (exact) mass is 196 g/mol. The molecule has 0 aromatic carbocycles. The minimum atomic E-state index is -0.691. The van der Waals surface area contributed by atoms with Gasteiger partial charge in [0.25, 0.3) is 11.9 Å². The normalized spacial score (nSPS) is 37.1. The molecule has 1 heterocycles. The third-order valence-corrected chi connectivity index (χ3v) is 3.29. The summed E-state index contributed by atoms with van der Waals surface area (Å²) in [4.78, 5) is 15.3. The van der Waals surface area contributed by atoms with Crippen molar-refractivity contribution in [3.05, 3.63) is 0 Å². The fourth-order valence-corrected chi connectivity index (χ4v) is 2.45. The number of amidine groups is 1. The molecule has 4 heteroatoms. The van der Waals surface area contributed by atoms with Crippen LogP contribution in [-0.4, -0.2) is 17.5 Å². The Morgan fingerprint density at radius 1 is 1.71 bits per heavy atom. The second kappa shape index (κ2) is 3.26. The van der Waals surface area contributed by atoms with Crippen LogP contribution < -0.4 is 5.73 Å². The van der Waals surface area contributed by atoms with Crippen molar-refractivity contribution in [1.82, 2.24) is 0 Å². The van der Waals surface area contributed by atoms with Crippen molar-refractivity contribution in [3.63, 3.8) is 0 Å². The number of carbonyl (C=O) groups is 1. The predicted octanol–water partition coefficient (Wildman–Crippen LogP) is 1.20. The Morgan fingerprint density at radius 3 is 3.07 bits per heavy atom. The minimum Gasteiger partial charge on any atom is -0.448 e. The van der Waals surface area contributed by atoms with Crippen LogP contribution >= 0.6 is 0 Å². The van der Waals surface area contributed by atoms with Crippen LogP contribution in [0.15, 0.2) is 4.99 Å². The molecule has 1 fully saturated rings. The number of ether oxygens (including phenoxy) is 1. The Morgan fingerprint density at radius 2 is 2.50 bits per heavy atom. The SMILES string of the molecule is CCC1CCCC2(C1)OC(N)=NC2=O.